The summed E-state index contributed by atoms with van der Waals surface area (Å²) in [4.78, 5) is -1.77. The van der Waals surface area contributed by atoms with Crippen molar-refractivity contribution in [2.75, 3.05) is 19.7 Å². The van der Waals surface area contributed by atoms with Gasteiger partial charge in [-0.2, -0.15) is 0 Å². The molecular formula is C6H10NNaO4S. The van der Waals surface area contributed by atoms with Crippen molar-refractivity contribution in [3.8, 4) is 0 Å². The summed E-state index contributed by atoms with van der Waals surface area (Å²) in [6.07, 6.45) is 1.03. The van der Waals surface area contributed by atoms with E-state index in [1.165, 1.54) is 0 Å². The third-order valence-electron chi connectivity index (χ3n) is 1.73. The molecule has 1 aliphatic heterocycles. The quantitative estimate of drug-likeness (QED) is 0.289. The van der Waals surface area contributed by atoms with Gasteiger partial charge in [0.25, 0.3) is 0 Å². The van der Waals surface area contributed by atoms with Gasteiger partial charge in [-0.05, 0) is 6.08 Å². The summed E-state index contributed by atoms with van der Waals surface area (Å²) in [5, 5.41) is 2.76. The normalized spacial score (nSPS) is 29.0. The molecule has 0 radical (unpaired) electrons. The van der Waals surface area contributed by atoms with E-state index in [-0.39, 0.29) is 42.7 Å². The molecule has 0 aromatic heterocycles. The van der Waals surface area contributed by atoms with Crippen LogP contribution >= 0.6 is 0 Å². The van der Waals surface area contributed by atoms with Crippen molar-refractivity contribution < 1.29 is 47.3 Å². The first-order valence-corrected chi connectivity index (χ1v) is 4.86. The number of hydrogen-bond acceptors (Lipinski definition) is 5. The summed E-state index contributed by atoms with van der Waals surface area (Å²) in [6, 6.07) is 0. The first kappa shape index (κ1) is 13.6. The van der Waals surface area contributed by atoms with Crippen LogP contribution in [0, 0.1) is 0 Å². The van der Waals surface area contributed by atoms with E-state index in [0.29, 0.717) is 6.54 Å². The Balaban J connectivity index is 0.00000144. The standard InChI is InChI=1S/C6H11NO4S.Na/c1-2-6(12(8,9)10)5-7-3-4-11-6;/h2,7H,1,3-5H2,(H,8,9,10);/q;+1/p-1. The Morgan fingerprint density at radius 1 is 1.62 bits per heavy atom. The van der Waals surface area contributed by atoms with E-state index in [9.17, 15) is 13.0 Å². The zero-order chi connectivity index (χ0) is 9.24. The maximum absolute atomic E-state index is 10.7. The Kier molecular flexibility index (Phi) is 5.09. The van der Waals surface area contributed by atoms with Crippen molar-refractivity contribution >= 4 is 10.1 Å². The molecule has 0 aromatic rings. The first-order valence-electron chi connectivity index (χ1n) is 3.45. The van der Waals surface area contributed by atoms with Crippen LogP contribution in [-0.2, 0) is 14.9 Å². The molecule has 1 rings (SSSR count). The van der Waals surface area contributed by atoms with Crippen molar-refractivity contribution in [1.29, 1.82) is 0 Å². The van der Waals surface area contributed by atoms with Gasteiger partial charge in [0.1, 0.15) is 10.1 Å². The minimum Gasteiger partial charge on any atom is -0.745 e. The van der Waals surface area contributed by atoms with Crippen LogP contribution in [0.1, 0.15) is 0 Å². The molecular weight excluding hydrogens is 205 g/mol. The van der Waals surface area contributed by atoms with Crippen molar-refractivity contribution in [2.24, 2.45) is 0 Å². The number of ether oxygens (including phenoxy) is 1. The van der Waals surface area contributed by atoms with Crippen LogP contribution in [0.4, 0.5) is 0 Å². The summed E-state index contributed by atoms with van der Waals surface area (Å²) in [5.41, 5.74) is 0. The molecule has 70 valence electrons. The zero-order valence-corrected chi connectivity index (χ0v) is 10.3. The van der Waals surface area contributed by atoms with Gasteiger partial charge in [0.15, 0.2) is 4.93 Å². The van der Waals surface area contributed by atoms with Gasteiger partial charge < -0.3 is 14.6 Å². The molecule has 0 amide bonds. The van der Waals surface area contributed by atoms with Gasteiger partial charge in [0.05, 0.1) is 6.61 Å². The Morgan fingerprint density at radius 2 is 2.23 bits per heavy atom. The van der Waals surface area contributed by atoms with Crippen LogP contribution in [0.3, 0.4) is 0 Å². The second-order valence-electron chi connectivity index (χ2n) is 2.50. The molecule has 1 N–H and O–H groups in total. The van der Waals surface area contributed by atoms with Gasteiger partial charge in [-0.15, -0.1) is 0 Å². The van der Waals surface area contributed by atoms with Gasteiger partial charge in [-0.3, -0.25) is 0 Å². The van der Waals surface area contributed by atoms with Crippen molar-refractivity contribution in [1.82, 2.24) is 5.32 Å². The molecule has 1 heterocycles. The number of nitrogens with one attached hydrogen (secondary N) is 1. The van der Waals surface area contributed by atoms with Crippen molar-refractivity contribution in [3.63, 3.8) is 0 Å². The molecule has 1 fully saturated rings. The van der Waals surface area contributed by atoms with Crippen molar-refractivity contribution in [2.45, 2.75) is 4.93 Å². The van der Waals surface area contributed by atoms with Crippen LogP contribution in [0.15, 0.2) is 12.7 Å². The third kappa shape index (κ3) is 2.76. The summed E-state index contributed by atoms with van der Waals surface area (Å²) in [5.74, 6) is 0. The average molecular weight is 215 g/mol. The largest absolute Gasteiger partial charge is 1.00 e. The van der Waals surface area contributed by atoms with Gasteiger partial charge >= 0.3 is 29.6 Å². The minimum absolute atomic E-state index is 0. The molecule has 0 aromatic carbocycles. The van der Waals surface area contributed by atoms with Crippen LogP contribution in [0.2, 0.25) is 0 Å². The van der Waals surface area contributed by atoms with E-state index in [0.717, 1.165) is 6.08 Å². The van der Waals surface area contributed by atoms with E-state index in [1.807, 2.05) is 0 Å². The molecule has 7 heteroatoms. The Hall–Kier alpha value is 0.570. The van der Waals surface area contributed by atoms with Crippen LogP contribution in [0.25, 0.3) is 0 Å². The summed E-state index contributed by atoms with van der Waals surface area (Å²) >= 11 is 0. The zero-order valence-electron chi connectivity index (χ0n) is 7.45. The molecule has 1 saturated heterocycles. The maximum Gasteiger partial charge on any atom is 1.00 e. The van der Waals surface area contributed by atoms with Gasteiger partial charge in [-0.1, -0.05) is 6.58 Å². The Morgan fingerprint density at radius 3 is 2.46 bits per heavy atom. The van der Waals surface area contributed by atoms with Crippen LogP contribution < -0.4 is 34.9 Å². The predicted molar refractivity (Wildman–Crippen MR) is 41.4 cm³/mol. The molecule has 0 bridgehead atoms. The second-order valence-corrected chi connectivity index (χ2v) is 4.09. The molecule has 1 atom stereocenters. The number of hydrogen-bond donors (Lipinski definition) is 1. The first-order chi connectivity index (χ1) is 5.52. The van der Waals surface area contributed by atoms with E-state index >= 15 is 0 Å². The molecule has 1 aliphatic rings. The third-order valence-corrected chi connectivity index (χ3v) is 3.01. The topological polar surface area (TPSA) is 78.5 Å². The summed E-state index contributed by atoms with van der Waals surface area (Å²) in [6.45, 7) is 4.00. The maximum atomic E-state index is 10.7. The molecule has 5 nitrogen and oxygen atoms in total. The fourth-order valence-corrected chi connectivity index (χ4v) is 1.71. The van der Waals surface area contributed by atoms with E-state index in [4.69, 9.17) is 4.74 Å². The monoisotopic (exact) mass is 215 g/mol. The van der Waals surface area contributed by atoms with E-state index in [2.05, 4.69) is 11.9 Å². The summed E-state index contributed by atoms with van der Waals surface area (Å²) in [7, 11) is -4.49. The van der Waals surface area contributed by atoms with Gasteiger partial charge in [-0.25, -0.2) is 8.42 Å². The van der Waals surface area contributed by atoms with Crippen LogP contribution in [0.5, 0.6) is 0 Å². The molecule has 0 aliphatic carbocycles. The number of morpholine rings is 1. The molecule has 0 saturated carbocycles. The summed E-state index contributed by atoms with van der Waals surface area (Å²) < 4.78 is 37.1. The minimum atomic E-state index is -4.49. The van der Waals surface area contributed by atoms with Gasteiger partial charge in [0, 0.05) is 13.1 Å². The predicted octanol–water partition coefficient (Wildman–Crippen LogP) is -3.96. The smallest absolute Gasteiger partial charge is 0.745 e. The van der Waals surface area contributed by atoms with Crippen molar-refractivity contribution in [3.05, 3.63) is 12.7 Å². The average Bonchev–Trinajstić information content (AvgIpc) is 2.04. The SMILES string of the molecule is C=CC1(S(=O)(=O)[O-])CNCCO1.[Na+]. The Labute approximate surface area is 99.6 Å². The molecule has 1 unspecified atom stereocenters. The molecule has 13 heavy (non-hydrogen) atoms. The fourth-order valence-electron chi connectivity index (χ4n) is 1.00. The fraction of sp³-hybridized carbons (Fsp3) is 0.667. The molecule has 0 spiro atoms. The van der Waals surface area contributed by atoms with E-state index < -0.39 is 15.1 Å². The number of rotatable bonds is 2. The van der Waals surface area contributed by atoms with Gasteiger partial charge in [0.2, 0.25) is 0 Å². The Bertz CT molecular complexity index is 270. The van der Waals surface area contributed by atoms with E-state index in [1.54, 1.807) is 0 Å². The van der Waals surface area contributed by atoms with Crippen LogP contribution in [-0.4, -0.2) is 37.6 Å². The second kappa shape index (κ2) is 4.88.